The zero-order valence-corrected chi connectivity index (χ0v) is 11.4. The number of aliphatic imine (C=N–C) groups is 1. The maximum atomic E-state index is 11.9. The van der Waals surface area contributed by atoms with Crippen LogP contribution in [-0.2, 0) is 4.79 Å². The summed E-state index contributed by atoms with van der Waals surface area (Å²) < 4.78 is 0. The molecule has 0 radical (unpaired) electrons. The van der Waals surface area contributed by atoms with Crippen molar-refractivity contribution < 1.29 is 4.79 Å². The van der Waals surface area contributed by atoms with Gasteiger partial charge in [0.1, 0.15) is 0 Å². The minimum atomic E-state index is -0.0256. The van der Waals surface area contributed by atoms with Crippen LogP contribution < -0.4 is 4.90 Å². The number of amides is 1. The second kappa shape index (κ2) is 6.26. The Morgan fingerprint density at radius 2 is 2.00 bits per heavy atom. The number of carbonyl (C=O) groups excluding carboxylic acids is 1. The largest absolute Gasteiger partial charge is 0.369 e. The molecular weight excluding hydrogens is 242 g/mol. The van der Waals surface area contributed by atoms with Gasteiger partial charge in [-0.05, 0) is 18.9 Å². The Balaban J connectivity index is 1.87. The van der Waals surface area contributed by atoms with Gasteiger partial charge in [0.2, 0.25) is 11.9 Å². The third kappa shape index (κ3) is 3.74. The van der Waals surface area contributed by atoms with Crippen LogP contribution in [0.4, 0.5) is 5.95 Å². The number of piperidine rings is 1. The lowest BCUT2D eigenvalue weighted by molar-refractivity contribution is -0.122. The van der Waals surface area contributed by atoms with Crippen molar-refractivity contribution >= 4 is 18.2 Å². The summed E-state index contributed by atoms with van der Waals surface area (Å²) in [5.74, 6) is 0.740. The minimum Gasteiger partial charge on any atom is -0.369 e. The van der Waals surface area contributed by atoms with Gasteiger partial charge < -0.3 is 9.80 Å². The summed E-state index contributed by atoms with van der Waals surface area (Å²) >= 11 is 0. The van der Waals surface area contributed by atoms with E-state index in [9.17, 15) is 4.79 Å². The Morgan fingerprint density at radius 3 is 2.58 bits per heavy atom. The van der Waals surface area contributed by atoms with Gasteiger partial charge in [-0.1, -0.05) is 0 Å². The number of carbonyl (C=O) groups is 1. The Hall–Kier alpha value is -1.98. The zero-order valence-electron chi connectivity index (χ0n) is 11.4. The molecule has 1 fully saturated rings. The van der Waals surface area contributed by atoms with Crippen molar-refractivity contribution in [3.63, 3.8) is 0 Å². The van der Waals surface area contributed by atoms with E-state index in [0.717, 1.165) is 31.9 Å². The molecule has 6 heteroatoms. The molecule has 6 nitrogen and oxygen atoms in total. The van der Waals surface area contributed by atoms with E-state index in [1.807, 2.05) is 14.1 Å². The summed E-state index contributed by atoms with van der Waals surface area (Å²) in [7, 11) is 3.71. The smallest absolute Gasteiger partial charge is 0.250 e. The summed E-state index contributed by atoms with van der Waals surface area (Å²) in [6.45, 7) is 1.61. The number of hydrogen-bond acceptors (Lipinski definition) is 4. The molecule has 0 aromatic carbocycles. The molecule has 102 valence electrons. The fourth-order valence-electron chi connectivity index (χ4n) is 2.06. The van der Waals surface area contributed by atoms with Gasteiger partial charge >= 0.3 is 0 Å². The fraction of sp³-hybridized carbons (Fsp3) is 0.538. The summed E-state index contributed by atoms with van der Waals surface area (Å²) in [4.78, 5) is 28.2. The van der Waals surface area contributed by atoms with Gasteiger partial charge in [-0.2, -0.15) is 0 Å². The lowest BCUT2D eigenvalue weighted by Crippen LogP contribution is -2.37. The Labute approximate surface area is 113 Å². The molecule has 1 aliphatic heterocycles. The second-order valence-corrected chi connectivity index (χ2v) is 4.86. The lowest BCUT2D eigenvalue weighted by atomic mass is 9.96. The van der Waals surface area contributed by atoms with Gasteiger partial charge in [0.05, 0.1) is 6.34 Å². The van der Waals surface area contributed by atoms with Crippen LogP contribution in [0.3, 0.4) is 0 Å². The van der Waals surface area contributed by atoms with E-state index in [0.29, 0.717) is 0 Å². The molecule has 0 bridgehead atoms. The van der Waals surface area contributed by atoms with Crippen molar-refractivity contribution in [1.82, 2.24) is 14.9 Å². The monoisotopic (exact) mass is 261 g/mol. The van der Waals surface area contributed by atoms with Crippen molar-refractivity contribution in [3.05, 3.63) is 18.5 Å². The summed E-state index contributed by atoms with van der Waals surface area (Å²) in [5.41, 5.74) is 0. The van der Waals surface area contributed by atoms with Crippen LogP contribution in [0.1, 0.15) is 12.8 Å². The molecule has 0 saturated carbocycles. The molecule has 1 aliphatic rings. The maximum Gasteiger partial charge on any atom is 0.250 e. The number of rotatable bonds is 3. The van der Waals surface area contributed by atoms with E-state index in [1.165, 1.54) is 0 Å². The first-order chi connectivity index (χ1) is 9.16. The topological polar surface area (TPSA) is 61.7 Å². The van der Waals surface area contributed by atoms with Gasteiger partial charge in [-0.15, -0.1) is 0 Å². The highest BCUT2D eigenvalue weighted by molar-refractivity contribution is 5.86. The van der Waals surface area contributed by atoms with E-state index in [4.69, 9.17) is 0 Å². The number of aromatic nitrogens is 2. The van der Waals surface area contributed by atoms with E-state index in [1.54, 1.807) is 29.7 Å². The molecule has 1 aromatic rings. The molecule has 0 N–H and O–H groups in total. The highest BCUT2D eigenvalue weighted by atomic mass is 16.1. The Kier molecular flexibility index (Phi) is 4.43. The molecule has 1 amide bonds. The molecule has 0 unspecified atom stereocenters. The van der Waals surface area contributed by atoms with Gasteiger partial charge in [0.25, 0.3) is 0 Å². The normalized spacial score (nSPS) is 16.8. The molecule has 0 spiro atoms. The molecular formula is C13H19N5O. The Bertz CT molecular complexity index is 438. The molecule has 2 rings (SSSR count). The summed E-state index contributed by atoms with van der Waals surface area (Å²) in [6, 6.07) is 1.80. The average molecular weight is 261 g/mol. The van der Waals surface area contributed by atoms with Crippen molar-refractivity contribution in [3.8, 4) is 0 Å². The first-order valence-corrected chi connectivity index (χ1v) is 6.43. The van der Waals surface area contributed by atoms with Crippen molar-refractivity contribution in [2.75, 3.05) is 32.1 Å². The van der Waals surface area contributed by atoms with Gasteiger partial charge in [0, 0.05) is 45.5 Å². The predicted octanol–water partition coefficient (Wildman–Crippen LogP) is 0.809. The summed E-state index contributed by atoms with van der Waals surface area (Å²) in [5, 5.41) is 0. The van der Waals surface area contributed by atoms with E-state index < -0.39 is 0 Å². The first-order valence-electron chi connectivity index (χ1n) is 6.43. The third-order valence-electron chi connectivity index (χ3n) is 3.10. The van der Waals surface area contributed by atoms with Crippen LogP contribution in [0, 0.1) is 5.92 Å². The van der Waals surface area contributed by atoms with Crippen LogP contribution in [0.2, 0.25) is 0 Å². The van der Waals surface area contributed by atoms with E-state index in [-0.39, 0.29) is 11.8 Å². The van der Waals surface area contributed by atoms with Gasteiger partial charge in [0.15, 0.2) is 0 Å². The van der Waals surface area contributed by atoms with Crippen LogP contribution in [0.15, 0.2) is 23.5 Å². The summed E-state index contributed by atoms with van der Waals surface area (Å²) in [6.07, 6.45) is 6.65. The molecule has 19 heavy (non-hydrogen) atoms. The van der Waals surface area contributed by atoms with Crippen LogP contribution in [0.5, 0.6) is 0 Å². The highest BCUT2D eigenvalue weighted by Crippen LogP contribution is 2.21. The first kappa shape index (κ1) is 13.5. The molecule has 0 aliphatic carbocycles. The number of anilines is 1. The quantitative estimate of drug-likeness (QED) is 0.595. The number of nitrogens with zero attached hydrogens (tertiary/aromatic N) is 5. The maximum absolute atomic E-state index is 11.9. The zero-order chi connectivity index (χ0) is 13.7. The predicted molar refractivity (Wildman–Crippen MR) is 74.2 cm³/mol. The van der Waals surface area contributed by atoms with E-state index >= 15 is 0 Å². The average Bonchev–Trinajstić information content (AvgIpc) is 2.46. The van der Waals surface area contributed by atoms with Crippen LogP contribution in [-0.4, -0.2) is 54.3 Å². The fourth-order valence-corrected chi connectivity index (χ4v) is 2.06. The van der Waals surface area contributed by atoms with E-state index in [2.05, 4.69) is 19.9 Å². The van der Waals surface area contributed by atoms with Crippen molar-refractivity contribution in [2.24, 2.45) is 10.9 Å². The highest BCUT2D eigenvalue weighted by Gasteiger charge is 2.25. The van der Waals surface area contributed by atoms with Gasteiger partial charge in [-0.3, -0.25) is 4.79 Å². The Morgan fingerprint density at radius 1 is 1.37 bits per heavy atom. The molecule has 1 aromatic heterocycles. The SMILES string of the molecule is CN(C)C=NC(=O)C1CCN(c2ncccn2)CC1. The standard InChI is InChI=1S/C13H19N5O/c1-17(2)10-16-12(19)11-4-8-18(9-5-11)13-14-6-3-7-15-13/h3,6-7,10-11H,4-5,8-9H2,1-2H3. The van der Waals surface area contributed by atoms with Gasteiger partial charge in [-0.25, -0.2) is 15.0 Å². The van der Waals surface area contributed by atoms with Crippen molar-refractivity contribution in [1.29, 1.82) is 0 Å². The second-order valence-electron chi connectivity index (χ2n) is 4.86. The molecule has 2 heterocycles. The number of hydrogen-bond donors (Lipinski definition) is 0. The van der Waals surface area contributed by atoms with Crippen LogP contribution >= 0.6 is 0 Å². The lowest BCUT2D eigenvalue weighted by Gasteiger charge is -2.30. The van der Waals surface area contributed by atoms with Crippen LogP contribution in [0.25, 0.3) is 0 Å². The molecule has 0 atom stereocenters. The third-order valence-corrected chi connectivity index (χ3v) is 3.10. The van der Waals surface area contributed by atoms with Crippen molar-refractivity contribution in [2.45, 2.75) is 12.8 Å². The minimum absolute atomic E-state index is 0.0242. The molecule has 1 saturated heterocycles.